The van der Waals surface area contributed by atoms with Gasteiger partial charge in [-0.15, -0.1) is 11.3 Å². The standard InChI is InChI=1S/C18H14N2O4S/c1-12-16(25-17(19-12)13-7-3-2-4-8-13)18(21)24-11-14-9-5-6-10-15(14)20(22)23/h2-10H,11H2,1H3. The second-order valence-electron chi connectivity index (χ2n) is 5.26. The molecule has 3 rings (SSSR count). The summed E-state index contributed by atoms with van der Waals surface area (Å²) < 4.78 is 5.26. The molecule has 2 aromatic carbocycles. The Kier molecular flexibility index (Phi) is 4.85. The van der Waals surface area contributed by atoms with Crippen LogP contribution in [0.4, 0.5) is 5.69 Å². The second kappa shape index (κ2) is 7.23. The Hall–Kier alpha value is -3.06. The molecule has 0 amide bonds. The lowest BCUT2D eigenvalue weighted by Crippen LogP contribution is -2.06. The number of esters is 1. The average Bonchev–Trinajstić information content (AvgIpc) is 3.02. The smallest absolute Gasteiger partial charge is 0.350 e. The first kappa shape index (κ1) is 16.8. The summed E-state index contributed by atoms with van der Waals surface area (Å²) in [5, 5.41) is 11.7. The van der Waals surface area contributed by atoms with E-state index in [1.54, 1.807) is 25.1 Å². The fraction of sp³-hybridized carbons (Fsp3) is 0.111. The first-order valence-electron chi connectivity index (χ1n) is 7.48. The van der Waals surface area contributed by atoms with Gasteiger partial charge in [0, 0.05) is 11.6 Å². The second-order valence-corrected chi connectivity index (χ2v) is 6.26. The van der Waals surface area contributed by atoms with E-state index < -0.39 is 10.9 Å². The van der Waals surface area contributed by atoms with Crippen molar-refractivity contribution in [1.29, 1.82) is 0 Å². The average molecular weight is 354 g/mol. The van der Waals surface area contributed by atoms with E-state index in [0.29, 0.717) is 16.1 Å². The number of ether oxygens (including phenoxy) is 1. The van der Waals surface area contributed by atoms with E-state index in [1.807, 2.05) is 30.3 Å². The largest absolute Gasteiger partial charge is 0.456 e. The first-order valence-corrected chi connectivity index (χ1v) is 8.30. The highest BCUT2D eigenvalue weighted by Gasteiger charge is 2.19. The number of benzene rings is 2. The number of rotatable bonds is 5. The lowest BCUT2D eigenvalue weighted by atomic mass is 10.2. The van der Waals surface area contributed by atoms with Crippen LogP contribution in [0.3, 0.4) is 0 Å². The van der Waals surface area contributed by atoms with Crippen molar-refractivity contribution < 1.29 is 14.5 Å². The van der Waals surface area contributed by atoms with Gasteiger partial charge in [-0.05, 0) is 13.0 Å². The monoisotopic (exact) mass is 354 g/mol. The molecule has 1 heterocycles. The number of nitro benzene ring substituents is 1. The highest BCUT2D eigenvalue weighted by atomic mass is 32.1. The normalized spacial score (nSPS) is 10.4. The fourth-order valence-electron chi connectivity index (χ4n) is 2.31. The Morgan fingerprint density at radius 2 is 1.84 bits per heavy atom. The zero-order valence-corrected chi connectivity index (χ0v) is 14.2. The molecule has 25 heavy (non-hydrogen) atoms. The number of para-hydroxylation sites is 1. The third-order valence-electron chi connectivity index (χ3n) is 3.55. The van der Waals surface area contributed by atoms with Crippen LogP contribution in [0.25, 0.3) is 10.6 Å². The molecule has 3 aromatic rings. The van der Waals surface area contributed by atoms with Gasteiger partial charge in [-0.2, -0.15) is 0 Å². The number of carbonyl (C=O) groups excluding carboxylic acids is 1. The summed E-state index contributed by atoms with van der Waals surface area (Å²) in [7, 11) is 0. The van der Waals surface area contributed by atoms with Crippen molar-refractivity contribution in [3.63, 3.8) is 0 Å². The Bertz CT molecular complexity index is 922. The molecule has 0 spiro atoms. The Morgan fingerprint density at radius 3 is 2.56 bits per heavy atom. The fourth-order valence-corrected chi connectivity index (χ4v) is 3.28. The zero-order valence-electron chi connectivity index (χ0n) is 13.3. The van der Waals surface area contributed by atoms with Crippen LogP contribution >= 0.6 is 11.3 Å². The van der Waals surface area contributed by atoms with E-state index in [-0.39, 0.29) is 12.3 Å². The molecule has 6 nitrogen and oxygen atoms in total. The summed E-state index contributed by atoms with van der Waals surface area (Å²) in [5.41, 5.74) is 1.79. The van der Waals surface area contributed by atoms with Gasteiger partial charge in [0.1, 0.15) is 16.5 Å². The van der Waals surface area contributed by atoms with Crippen LogP contribution in [0.1, 0.15) is 20.9 Å². The van der Waals surface area contributed by atoms with Crippen LogP contribution in [0.15, 0.2) is 54.6 Å². The minimum absolute atomic E-state index is 0.0682. The molecule has 0 saturated heterocycles. The minimum atomic E-state index is -0.532. The topological polar surface area (TPSA) is 82.3 Å². The van der Waals surface area contributed by atoms with Gasteiger partial charge in [0.05, 0.1) is 16.2 Å². The minimum Gasteiger partial charge on any atom is -0.456 e. The third kappa shape index (κ3) is 3.72. The summed E-state index contributed by atoms with van der Waals surface area (Å²) in [6, 6.07) is 15.7. The van der Waals surface area contributed by atoms with Crippen molar-refractivity contribution in [2.45, 2.75) is 13.5 Å². The number of thiazole rings is 1. The summed E-state index contributed by atoms with van der Waals surface area (Å²) in [6.07, 6.45) is 0. The van der Waals surface area contributed by atoms with Crippen LogP contribution in [0.5, 0.6) is 0 Å². The molecule has 0 atom stereocenters. The number of hydrogen-bond acceptors (Lipinski definition) is 6. The van der Waals surface area contributed by atoms with Crippen LogP contribution in [0, 0.1) is 17.0 Å². The molecule has 0 aliphatic heterocycles. The van der Waals surface area contributed by atoms with E-state index in [9.17, 15) is 14.9 Å². The SMILES string of the molecule is Cc1nc(-c2ccccc2)sc1C(=O)OCc1ccccc1[N+](=O)[O-]. The molecule has 126 valence electrons. The van der Waals surface area contributed by atoms with Gasteiger partial charge in [0.2, 0.25) is 0 Å². The molecule has 0 aliphatic rings. The molecule has 7 heteroatoms. The Balaban J connectivity index is 1.77. The van der Waals surface area contributed by atoms with Crippen molar-refractivity contribution in [3.05, 3.63) is 80.8 Å². The molecule has 0 saturated carbocycles. The predicted molar refractivity (Wildman–Crippen MR) is 94.5 cm³/mol. The first-order chi connectivity index (χ1) is 12.1. The number of hydrogen-bond donors (Lipinski definition) is 0. The maximum atomic E-state index is 12.3. The molecule has 0 bridgehead atoms. The Labute approximate surface area is 147 Å². The Morgan fingerprint density at radius 1 is 1.16 bits per heavy atom. The third-order valence-corrected chi connectivity index (χ3v) is 4.74. The highest BCUT2D eigenvalue weighted by Crippen LogP contribution is 2.28. The number of nitro groups is 1. The molecule has 0 unspecified atom stereocenters. The predicted octanol–water partition coefficient (Wildman–Crippen LogP) is 4.38. The molecule has 0 aliphatic carbocycles. The van der Waals surface area contributed by atoms with Crippen molar-refractivity contribution >= 4 is 23.0 Å². The van der Waals surface area contributed by atoms with Gasteiger partial charge in [0.15, 0.2) is 0 Å². The summed E-state index contributed by atoms with van der Waals surface area (Å²) in [6.45, 7) is 1.58. The summed E-state index contributed by atoms with van der Waals surface area (Å²) >= 11 is 1.25. The maximum Gasteiger partial charge on any atom is 0.350 e. The van der Waals surface area contributed by atoms with E-state index in [1.165, 1.54) is 17.4 Å². The van der Waals surface area contributed by atoms with Crippen molar-refractivity contribution in [1.82, 2.24) is 4.98 Å². The van der Waals surface area contributed by atoms with Crippen LogP contribution in [0.2, 0.25) is 0 Å². The van der Waals surface area contributed by atoms with Crippen LogP contribution in [-0.4, -0.2) is 15.9 Å². The van der Waals surface area contributed by atoms with E-state index in [0.717, 1.165) is 10.6 Å². The van der Waals surface area contributed by atoms with E-state index in [2.05, 4.69) is 4.98 Å². The highest BCUT2D eigenvalue weighted by molar-refractivity contribution is 7.17. The van der Waals surface area contributed by atoms with Gasteiger partial charge in [-0.1, -0.05) is 42.5 Å². The van der Waals surface area contributed by atoms with Crippen LogP contribution < -0.4 is 0 Å². The number of aromatic nitrogens is 1. The van der Waals surface area contributed by atoms with Gasteiger partial charge < -0.3 is 4.74 Å². The quantitative estimate of drug-likeness (QED) is 0.386. The van der Waals surface area contributed by atoms with Gasteiger partial charge in [-0.3, -0.25) is 10.1 Å². The van der Waals surface area contributed by atoms with Crippen LogP contribution in [-0.2, 0) is 11.3 Å². The van der Waals surface area contributed by atoms with Gasteiger partial charge in [0.25, 0.3) is 5.69 Å². The van der Waals surface area contributed by atoms with Crippen molar-refractivity contribution in [2.75, 3.05) is 0 Å². The van der Waals surface area contributed by atoms with Crippen molar-refractivity contribution in [3.8, 4) is 10.6 Å². The maximum absolute atomic E-state index is 12.3. The number of nitrogens with zero attached hydrogens (tertiary/aromatic N) is 2. The molecule has 0 N–H and O–H groups in total. The number of aryl methyl sites for hydroxylation is 1. The van der Waals surface area contributed by atoms with Crippen molar-refractivity contribution in [2.24, 2.45) is 0 Å². The lowest BCUT2D eigenvalue weighted by molar-refractivity contribution is -0.385. The van der Waals surface area contributed by atoms with E-state index >= 15 is 0 Å². The molecular weight excluding hydrogens is 340 g/mol. The molecular formula is C18H14N2O4S. The summed E-state index contributed by atoms with van der Waals surface area (Å²) in [5.74, 6) is -0.532. The molecule has 1 aromatic heterocycles. The molecule has 0 radical (unpaired) electrons. The summed E-state index contributed by atoms with van der Waals surface area (Å²) in [4.78, 5) is 27.7. The van der Waals surface area contributed by atoms with E-state index in [4.69, 9.17) is 4.74 Å². The number of carbonyl (C=O) groups is 1. The van der Waals surface area contributed by atoms with Gasteiger partial charge in [-0.25, -0.2) is 9.78 Å². The van der Waals surface area contributed by atoms with Gasteiger partial charge >= 0.3 is 5.97 Å². The zero-order chi connectivity index (χ0) is 17.8. The lowest BCUT2D eigenvalue weighted by Gasteiger charge is -2.04. The molecule has 0 fully saturated rings.